The van der Waals surface area contributed by atoms with Gasteiger partial charge in [0.05, 0.1) is 0 Å². The van der Waals surface area contributed by atoms with Crippen LogP contribution < -0.4 is 0 Å². The minimum atomic E-state index is -0.129. The molecule has 4 rings (SSSR count). The Kier molecular flexibility index (Phi) is 3.85. The van der Waals surface area contributed by atoms with Crippen LogP contribution in [0.25, 0.3) is 0 Å². The summed E-state index contributed by atoms with van der Waals surface area (Å²) in [7, 11) is 0. The lowest BCUT2D eigenvalue weighted by atomic mass is 9.45. The van der Waals surface area contributed by atoms with Crippen molar-refractivity contribution in [1.29, 1.82) is 0 Å². The van der Waals surface area contributed by atoms with Crippen LogP contribution >= 0.6 is 0 Å². The van der Waals surface area contributed by atoms with Gasteiger partial charge in [0.25, 0.3) is 0 Å². The van der Waals surface area contributed by atoms with Crippen LogP contribution in [0.15, 0.2) is 0 Å². The molecular weight excluding hydrogens is 300 g/mol. The molecule has 4 aliphatic carbocycles. The van der Waals surface area contributed by atoms with Gasteiger partial charge >= 0.3 is 5.97 Å². The SMILES string of the molecule is CC(=O)OC1CC[C@@]2(C)[C@@H](CC[C@@H]3[C@H]2CC[C@]2(C)C(=O)CC[C@@H]32)C1. The van der Waals surface area contributed by atoms with Crippen LogP contribution in [0, 0.1) is 34.5 Å². The van der Waals surface area contributed by atoms with Crippen molar-refractivity contribution in [2.45, 2.75) is 84.7 Å². The number of Topliss-reactive ketones (excluding diaryl/α,β-unsaturated/α-hetero) is 1. The monoisotopic (exact) mass is 332 g/mol. The maximum atomic E-state index is 12.5. The van der Waals surface area contributed by atoms with Gasteiger partial charge in [-0.05, 0) is 80.5 Å². The van der Waals surface area contributed by atoms with E-state index in [1.54, 1.807) is 0 Å². The Hall–Kier alpha value is -0.860. The van der Waals surface area contributed by atoms with E-state index in [0.29, 0.717) is 23.0 Å². The fourth-order valence-electron chi connectivity index (χ4n) is 7.33. The first kappa shape index (κ1) is 16.6. The van der Waals surface area contributed by atoms with E-state index >= 15 is 0 Å². The van der Waals surface area contributed by atoms with E-state index in [-0.39, 0.29) is 17.5 Å². The van der Waals surface area contributed by atoms with Crippen LogP contribution in [0.5, 0.6) is 0 Å². The lowest BCUT2D eigenvalue weighted by Crippen LogP contribution is -2.54. The molecule has 0 bridgehead atoms. The van der Waals surface area contributed by atoms with Crippen LogP contribution in [0.4, 0.5) is 0 Å². The van der Waals surface area contributed by atoms with Crippen molar-refractivity contribution in [1.82, 2.24) is 0 Å². The van der Waals surface area contributed by atoms with Gasteiger partial charge in [0.2, 0.25) is 0 Å². The number of ether oxygens (including phenoxy) is 1. The van der Waals surface area contributed by atoms with Gasteiger partial charge in [0, 0.05) is 18.8 Å². The minimum absolute atomic E-state index is 0.0146. The zero-order chi connectivity index (χ0) is 17.1. The predicted octanol–water partition coefficient (Wildman–Crippen LogP) is 4.53. The van der Waals surface area contributed by atoms with Gasteiger partial charge in [-0.2, -0.15) is 0 Å². The Morgan fingerprint density at radius 2 is 1.83 bits per heavy atom. The molecule has 4 fully saturated rings. The molecule has 24 heavy (non-hydrogen) atoms. The number of fused-ring (bicyclic) bond motifs is 5. The molecular formula is C21H32O3. The number of hydrogen-bond acceptors (Lipinski definition) is 3. The largest absolute Gasteiger partial charge is 0.463 e. The van der Waals surface area contributed by atoms with Crippen molar-refractivity contribution in [3.8, 4) is 0 Å². The van der Waals surface area contributed by atoms with E-state index in [0.717, 1.165) is 43.9 Å². The smallest absolute Gasteiger partial charge is 0.302 e. The summed E-state index contributed by atoms with van der Waals surface area (Å²) in [5.41, 5.74) is 0.381. The van der Waals surface area contributed by atoms with Crippen LogP contribution in [-0.2, 0) is 14.3 Å². The summed E-state index contributed by atoms with van der Waals surface area (Å²) < 4.78 is 5.54. The summed E-state index contributed by atoms with van der Waals surface area (Å²) in [6.07, 6.45) is 10.2. The van der Waals surface area contributed by atoms with Gasteiger partial charge in [-0.1, -0.05) is 13.8 Å². The quantitative estimate of drug-likeness (QED) is 0.663. The van der Waals surface area contributed by atoms with E-state index < -0.39 is 0 Å². The van der Waals surface area contributed by atoms with E-state index in [4.69, 9.17) is 4.74 Å². The van der Waals surface area contributed by atoms with Gasteiger partial charge in [0.1, 0.15) is 11.9 Å². The number of carbonyl (C=O) groups excluding carboxylic acids is 2. The molecule has 0 aromatic heterocycles. The number of carbonyl (C=O) groups is 2. The summed E-state index contributed by atoms with van der Waals surface area (Å²) in [5, 5.41) is 0. The molecule has 0 spiro atoms. The zero-order valence-electron chi connectivity index (χ0n) is 15.5. The summed E-state index contributed by atoms with van der Waals surface area (Å²) in [6.45, 7) is 6.30. The van der Waals surface area contributed by atoms with Gasteiger partial charge in [0.15, 0.2) is 0 Å². The first-order valence-corrected chi connectivity index (χ1v) is 10.0. The fourth-order valence-corrected chi connectivity index (χ4v) is 7.33. The average molecular weight is 332 g/mol. The summed E-state index contributed by atoms with van der Waals surface area (Å²) >= 11 is 0. The third-order valence-electron chi connectivity index (χ3n) is 8.66. The molecule has 0 heterocycles. The highest BCUT2D eigenvalue weighted by Crippen LogP contribution is 2.65. The van der Waals surface area contributed by atoms with E-state index in [1.165, 1.54) is 32.6 Å². The average Bonchev–Trinajstić information content (AvgIpc) is 2.83. The summed E-state index contributed by atoms with van der Waals surface area (Å²) in [4.78, 5) is 23.8. The molecule has 0 aliphatic heterocycles. The second-order valence-electron chi connectivity index (χ2n) is 9.58. The van der Waals surface area contributed by atoms with Crippen LogP contribution in [0.2, 0.25) is 0 Å². The molecule has 1 unspecified atom stereocenters. The van der Waals surface area contributed by atoms with Crippen LogP contribution in [0.1, 0.15) is 78.6 Å². The van der Waals surface area contributed by atoms with Crippen LogP contribution in [0.3, 0.4) is 0 Å². The fraction of sp³-hybridized carbons (Fsp3) is 0.905. The lowest BCUT2D eigenvalue weighted by Gasteiger charge is -2.60. The molecule has 0 amide bonds. The maximum Gasteiger partial charge on any atom is 0.302 e. The van der Waals surface area contributed by atoms with Crippen molar-refractivity contribution in [3.05, 3.63) is 0 Å². The molecule has 4 saturated carbocycles. The Morgan fingerprint density at radius 1 is 1.04 bits per heavy atom. The highest BCUT2D eigenvalue weighted by Gasteiger charge is 2.60. The molecule has 0 saturated heterocycles. The van der Waals surface area contributed by atoms with E-state index in [9.17, 15) is 9.59 Å². The normalized spacial score (nSPS) is 50.6. The van der Waals surface area contributed by atoms with Crippen molar-refractivity contribution in [2.75, 3.05) is 0 Å². The van der Waals surface area contributed by atoms with Gasteiger partial charge in [-0.15, -0.1) is 0 Å². The van der Waals surface area contributed by atoms with Crippen molar-refractivity contribution in [2.24, 2.45) is 34.5 Å². The molecule has 3 heteroatoms. The molecule has 0 aromatic carbocycles. The molecule has 0 radical (unpaired) electrons. The van der Waals surface area contributed by atoms with Crippen molar-refractivity contribution < 1.29 is 14.3 Å². The first-order chi connectivity index (χ1) is 11.3. The molecule has 4 aliphatic rings. The van der Waals surface area contributed by atoms with Crippen LogP contribution in [-0.4, -0.2) is 17.9 Å². The molecule has 7 atom stereocenters. The highest BCUT2D eigenvalue weighted by atomic mass is 16.5. The molecule has 3 nitrogen and oxygen atoms in total. The van der Waals surface area contributed by atoms with Gasteiger partial charge in [-0.3, -0.25) is 9.59 Å². The lowest BCUT2D eigenvalue weighted by molar-refractivity contribution is -0.160. The second-order valence-corrected chi connectivity index (χ2v) is 9.58. The topological polar surface area (TPSA) is 43.4 Å². The maximum absolute atomic E-state index is 12.5. The third kappa shape index (κ3) is 2.29. The predicted molar refractivity (Wildman–Crippen MR) is 92.3 cm³/mol. The number of rotatable bonds is 1. The second kappa shape index (κ2) is 5.57. The van der Waals surface area contributed by atoms with Crippen molar-refractivity contribution in [3.63, 3.8) is 0 Å². The summed E-state index contributed by atoms with van der Waals surface area (Å²) in [6, 6.07) is 0. The highest BCUT2D eigenvalue weighted by molar-refractivity contribution is 5.87. The Morgan fingerprint density at radius 3 is 2.58 bits per heavy atom. The zero-order valence-corrected chi connectivity index (χ0v) is 15.5. The van der Waals surface area contributed by atoms with Gasteiger partial charge in [-0.25, -0.2) is 0 Å². The third-order valence-corrected chi connectivity index (χ3v) is 8.66. The number of ketones is 1. The molecule has 0 N–H and O–H groups in total. The van der Waals surface area contributed by atoms with Crippen molar-refractivity contribution >= 4 is 11.8 Å². The van der Waals surface area contributed by atoms with E-state index in [1.807, 2.05) is 0 Å². The minimum Gasteiger partial charge on any atom is -0.463 e. The Balaban J connectivity index is 1.54. The summed E-state index contributed by atoms with van der Waals surface area (Å²) in [5.74, 6) is 3.26. The molecule has 134 valence electrons. The Labute approximate surface area is 145 Å². The van der Waals surface area contributed by atoms with Gasteiger partial charge < -0.3 is 4.74 Å². The standard InChI is InChI=1S/C21H32O3/c1-13(22)24-15-8-10-20(2)14(12-15)4-5-16-17-6-7-19(23)21(17,3)11-9-18(16)20/h14-18H,4-12H2,1-3H3/t14-,15?,16-,17-,18+,20-,21-/m0/s1. The first-order valence-electron chi connectivity index (χ1n) is 10.0. The number of hydrogen-bond donors (Lipinski definition) is 0. The number of esters is 1. The molecule has 0 aromatic rings. The van der Waals surface area contributed by atoms with E-state index in [2.05, 4.69) is 13.8 Å². The Bertz CT molecular complexity index is 555.